The fraction of sp³-hybridized carbons (Fsp3) is 0.214. The highest BCUT2D eigenvalue weighted by Gasteiger charge is 2.12. The summed E-state index contributed by atoms with van der Waals surface area (Å²) in [5, 5.41) is 2.79. The predicted molar refractivity (Wildman–Crippen MR) is 144 cm³/mol. The van der Waals surface area contributed by atoms with Gasteiger partial charge in [0.05, 0.1) is 0 Å². The van der Waals surface area contributed by atoms with Gasteiger partial charge in [0.15, 0.2) is 17.6 Å². The van der Waals surface area contributed by atoms with Crippen molar-refractivity contribution >= 4 is 28.0 Å². The largest absolute Gasteiger partial charge is 0.311 e. The third kappa shape index (κ3) is 7.68. The molecule has 2 unspecified atom stereocenters. The molecule has 0 aliphatic rings. The molecule has 0 fully saturated rings. The van der Waals surface area contributed by atoms with E-state index in [-0.39, 0.29) is 0 Å². The van der Waals surface area contributed by atoms with Crippen LogP contribution in [-0.2, 0) is 0 Å². The van der Waals surface area contributed by atoms with Crippen LogP contribution in [0.2, 0.25) is 0 Å². The molecule has 0 N–H and O–H groups in total. The van der Waals surface area contributed by atoms with Gasteiger partial charge in [0.25, 0.3) is 0 Å². The van der Waals surface area contributed by atoms with Gasteiger partial charge in [0, 0.05) is 23.5 Å². The Morgan fingerprint density at radius 3 is 1.19 bits per heavy atom. The van der Waals surface area contributed by atoms with E-state index in [9.17, 15) is 0 Å². The van der Waals surface area contributed by atoms with Gasteiger partial charge in [0.2, 0.25) is 0 Å². The van der Waals surface area contributed by atoms with Gasteiger partial charge in [-0.3, -0.25) is 0 Å². The molecule has 0 heterocycles. The van der Waals surface area contributed by atoms with Gasteiger partial charge < -0.3 is 9.80 Å². The minimum atomic E-state index is -1.37. The molecular weight excluding hydrogens is 420 g/mol. The van der Waals surface area contributed by atoms with E-state index in [1.54, 1.807) is 0 Å². The summed E-state index contributed by atoms with van der Waals surface area (Å²) in [6.07, 6.45) is 2.08. The summed E-state index contributed by atoms with van der Waals surface area (Å²) in [6.45, 7) is 0. The van der Waals surface area contributed by atoms with Crippen LogP contribution in [0, 0.1) is 22.9 Å². The SMILES string of the molecule is CN(C)C[SiH](C#Cc1ccc(C#C[SiH](CN(C)C)c2ccccc2)cc1)c1ccccc1. The van der Waals surface area contributed by atoms with Crippen molar-refractivity contribution in [2.75, 3.05) is 40.5 Å². The van der Waals surface area contributed by atoms with Gasteiger partial charge in [-0.25, -0.2) is 0 Å². The number of nitrogens with zero attached hydrogens (tertiary/aromatic N) is 2. The van der Waals surface area contributed by atoms with Crippen LogP contribution < -0.4 is 10.4 Å². The lowest BCUT2D eigenvalue weighted by Gasteiger charge is -2.15. The maximum absolute atomic E-state index is 3.61. The molecule has 0 amide bonds. The third-order valence-corrected chi connectivity index (χ3v) is 10.7. The van der Waals surface area contributed by atoms with E-state index in [0.717, 1.165) is 23.5 Å². The van der Waals surface area contributed by atoms with Gasteiger partial charge in [-0.15, -0.1) is 11.1 Å². The van der Waals surface area contributed by atoms with E-state index in [1.807, 2.05) is 0 Å². The first-order valence-electron chi connectivity index (χ1n) is 11.0. The highest BCUT2D eigenvalue weighted by molar-refractivity contribution is 6.81. The Labute approximate surface area is 197 Å². The molecule has 4 heteroatoms. The van der Waals surface area contributed by atoms with Crippen molar-refractivity contribution in [2.45, 2.75) is 0 Å². The Bertz CT molecular complexity index is 996. The summed E-state index contributed by atoms with van der Waals surface area (Å²) in [5.41, 5.74) is 9.34. The Morgan fingerprint density at radius 1 is 0.531 bits per heavy atom. The lowest BCUT2D eigenvalue weighted by Crippen LogP contribution is -2.39. The van der Waals surface area contributed by atoms with Crippen molar-refractivity contribution in [2.24, 2.45) is 0 Å². The summed E-state index contributed by atoms with van der Waals surface area (Å²) in [7, 11) is 5.76. The smallest absolute Gasteiger partial charge is 0.167 e. The Balaban J connectivity index is 1.75. The standard InChI is InChI=1S/C28H32N2Si2/c1-29(2)23-31(27-11-7-5-8-12-27)21-19-25-15-17-26(18-16-25)20-22-32(24-30(3)4)28-13-9-6-10-14-28/h5-18,31-32H,23-24H2,1-4H3. The van der Waals surface area contributed by atoms with Crippen LogP contribution in [0.15, 0.2) is 84.9 Å². The fourth-order valence-corrected chi connectivity index (χ4v) is 8.00. The van der Waals surface area contributed by atoms with E-state index in [0.29, 0.717) is 0 Å². The van der Waals surface area contributed by atoms with Gasteiger partial charge in [-0.05, 0) is 62.8 Å². The maximum atomic E-state index is 3.61. The fourth-order valence-electron chi connectivity index (χ4n) is 3.55. The van der Waals surface area contributed by atoms with Crippen LogP contribution in [0.3, 0.4) is 0 Å². The second kappa shape index (κ2) is 12.2. The van der Waals surface area contributed by atoms with E-state index in [2.05, 4.69) is 146 Å². The second-order valence-corrected chi connectivity index (χ2v) is 13.4. The molecule has 3 aromatic carbocycles. The molecule has 32 heavy (non-hydrogen) atoms. The van der Waals surface area contributed by atoms with E-state index in [4.69, 9.17) is 0 Å². The van der Waals surface area contributed by atoms with Gasteiger partial charge in [-0.1, -0.05) is 72.5 Å². The zero-order chi connectivity index (χ0) is 22.8. The molecule has 0 saturated carbocycles. The zero-order valence-electron chi connectivity index (χ0n) is 19.5. The molecule has 0 aliphatic heterocycles. The molecule has 3 rings (SSSR count). The Morgan fingerprint density at radius 2 is 0.875 bits per heavy atom. The summed E-state index contributed by atoms with van der Waals surface area (Å²) < 4.78 is 0. The minimum Gasteiger partial charge on any atom is -0.311 e. The molecule has 2 atom stereocenters. The van der Waals surface area contributed by atoms with Crippen LogP contribution in [0.4, 0.5) is 0 Å². The predicted octanol–water partition coefficient (Wildman–Crippen LogP) is 1.94. The normalized spacial score (nSPS) is 12.4. The van der Waals surface area contributed by atoms with Crippen molar-refractivity contribution in [1.82, 2.24) is 9.80 Å². The lowest BCUT2D eigenvalue weighted by molar-refractivity contribution is 0.477. The topological polar surface area (TPSA) is 6.48 Å². The molecule has 0 bridgehead atoms. The average molecular weight is 453 g/mol. The summed E-state index contributed by atoms with van der Waals surface area (Å²) >= 11 is 0. The first kappa shape index (κ1) is 23.8. The van der Waals surface area contributed by atoms with Crippen LogP contribution >= 0.6 is 0 Å². The average Bonchev–Trinajstić information content (AvgIpc) is 2.81. The summed E-state index contributed by atoms with van der Waals surface area (Å²) in [6, 6.07) is 29.9. The highest BCUT2D eigenvalue weighted by atomic mass is 28.3. The van der Waals surface area contributed by atoms with Gasteiger partial charge >= 0.3 is 0 Å². The quantitative estimate of drug-likeness (QED) is 0.417. The number of benzene rings is 3. The van der Waals surface area contributed by atoms with Crippen LogP contribution in [0.25, 0.3) is 0 Å². The Hall–Kier alpha value is -2.87. The zero-order valence-corrected chi connectivity index (χ0v) is 21.9. The summed E-state index contributed by atoms with van der Waals surface area (Å²) in [5.74, 6) is 6.86. The monoisotopic (exact) mass is 452 g/mol. The maximum Gasteiger partial charge on any atom is 0.167 e. The molecule has 3 aromatic rings. The van der Waals surface area contributed by atoms with Crippen molar-refractivity contribution in [3.63, 3.8) is 0 Å². The minimum absolute atomic E-state index is 1.04. The molecular formula is C28H32N2Si2. The molecule has 162 valence electrons. The van der Waals surface area contributed by atoms with Crippen LogP contribution in [0.1, 0.15) is 11.1 Å². The second-order valence-electron chi connectivity index (χ2n) is 8.57. The Kier molecular flexibility index (Phi) is 9.10. The highest BCUT2D eigenvalue weighted by Crippen LogP contribution is 2.03. The van der Waals surface area contributed by atoms with E-state index < -0.39 is 17.6 Å². The van der Waals surface area contributed by atoms with Crippen LogP contribution in [0.5, 0.6) is 0 Å². The number of hydrogen-bond donors (Lipinski definition) is 0. The molecule has 0 aliphatic carbocycles. The summed E-state index contributed by atoms with van der Waals surface area (Å²) in [4.78, 5) is 4.50. The van der Waals surface area contributed by atoms with Gasteiger partial charge in [0.1, 0.15) is 0 Å². The van der Waals surface area contributed by atoms with Crippen molar-refractivity contribution in [3.05, 3.63) is 96.1 Å². The molecule has 2 nitrogen and oxygen atoms in total. The molecule has 0 spiro atoms. The van der Waals surface area contributed by atoms with E-state index in [1.165, 1.54) is 10.4 Å². The first-order valence-corrected chi connectivity index (χ1v) is 15.0. The van der Waals surface area contributed by atoms with Crippen molar-refractivity contribution in [1.29, 1.82) is 0 Å². The van der Waals surface area contributed by atoms with Crippen molar-refractivity contribution in [3.8, 4) is 22.9 Å². The molecule has 0 aromatic heterocycles. The van der Waals surface area contributed by atoms with Crippen molar-refractivity contribution < 1.29 is 0 Å². The third-order valence-electron chi connectivity index (χ3n) is 5.17. The first-order chi connectivity index (χ1) is 15.5. The molecule has 0 radical (unpaired) electrons. The lowest BCUT2D eigenvalue weighted by atomic mass is 10.1. The molecule has 0 saturated heterocycles. The number of hydrogen-bond acceptors (Lipinski definition) is 2. The van der Waals surface area contributed by atoms with Gasteiger partial charge in [-0.2, -0.15) is 0 Å². The van der Waals surface area contributed by atoms with Crippen LogP contribution in [-0.4, -0.2) is 67.9 Å². The number of rotatable bonds is 6. The van der Waals surface area contributed by atoms with E-state index >= 15 is 0 Å².